The number of para-hydroxylation sites is 1. The molecule has 3 heterocycles. The van der Waals surface area contributed by atoms with Gasteiger partial charge in [-0.15, -0.1) is 0 Å². The number of aromatic nitrogens is 2. The molecule has 2 atom stereocenters. The number of thioether (sulfide) groups is 1. The summed E-state index contributed by atoms with van der Waals surface area (Å²) in [6.07, 6.45) is 9.02. The van der Waals surface area contributed by atoms with Crippen molar-refractivity contribution in [3.63, 3.8) is 0 Å². The third-order valence-electron chi connectivity index (χ3n) is 6.02. The zero-order valence-corrected chi connectivity index (χ0v) is 16.1. The van der Waals surface area contributed by atoms with Crippen LogP contribution in [-0.4, -0.2) is 39.1 Å². The number of amides is 1. The lowest BCUT2D eigenvalue weighted by Crippen LogP contribution is -2.50. The van der Waals surface area contributed by atoms with E-state index in [-0.39, 0.29) is 5.91 Å². The van der Waals surface area contributed by atoms with E-state index in [0.29, 0.717) is 23.3 Å². The normalized spacial score (nSPS) is 22.9. The van der Waals surface area contributed by atoms with Crippen LogP contribution in [0, 0.1) is 5.92 Å². The quantitative estimate of drug-likeness (QED) is 0.488. The minimum Gasteiger partial charge on any atom is -0.451 e. The highest BCUT2D eigenvalue weighted by Crippen LogP contribution is 2.36. The molecule has 2 aromatic heterocycles. The third-order valence-corrected chi connectivity index (χ3v) is 6.98. The van der Waals surface area contributed by atoms with Crippen molar-refractivity contribution in [1.29, 1.82) is 0 Å². The number of piperidine rings is 1. The standard InChI is InChI=1S/C21H23N3O2S/c25-18(24-11-5-7-14-6-1-3-9-16(14)24)12-27-21-20-19(22-13-23-21)15-8-2-4-10-17(15)26-20/h2,4,8,10,13-14,16H,1,3,5-7,9,11-12H2/t14-,16-/m0/s1. The maximum absolute atomic E-state index is 13.0. The van der Waals surface area contributed by atoms with Crippen molar-refractivity contribution in [3.05, 3.63) is 30.6 Å². The van der Waals surface area contributed by atoms with Crippen LogP contribution >= 0.6 is 11.8 Å². The first-order valence-corrected chi connectivity index (χ1v) is 10.8. The molecule has 1 saturated heterocycles. The molecule has 5 nitrogen and oxygen atoms in total. The summed E-state index contributed by atoms with van der Waals surface area (Å²) in [5.41, 5.74) is 2.31. The van der Waals surface area contributed by atoms with Crippen LogP contribution in [0.5, 0.6) is 0 Å². The molecule has 0 spiro atoms. The Morgan fingerprint density at radius 2 is 2.00 bits per heavy atom. The molecular weight excluding hydrogens is 358 g/mol. The number of nitrogens with zero attached hydrogens (tertiary/aromatic N) is 3. The van der Waals surface area contributed by atoms with E-state index in [0.717, 1.165) is 34.5 Å². The van der Waals surface area contributed by atoms with E-state index in [9.17, 15) is 4.79 Å². The van der Waals surface area contributed by atoms with Gasteiger partial charge in [-0.2, -0.15) is 0 Å². The van der Waals surface area contributed by atoms with Crippen LogP contribution in [0.1, 0.15) is 38.5 Å². The fourth-order valence-electron chi connectivity index (χ4n) is 4.75. The number of hydrogen-bond acceptors (Lipinski definition) is 5. The molecular formula is C21H23N3O2S. The number of fused-ring (bicyclic) bond motifs is 4. The van der Waals surface area contributed by atoms with Gasteiger partial charge in [-0.1, -0.05) is 36.7 Å². The summed E-state index contributed by atoms with van der Waals surface area (Å²) in [6, 6.07) is 8.33. The van der Waals surface area contributed by atoms with Crippen molar-refractivity contribution in [1.82, 2.24) is 14.9 Å². The van der Waals surface area contributed by atoms with E-state index in [2.05, 4.69) is 14.9 Å². The molecule has 3 aromatic rings. The van der Waals surface area contributed by atoms with Gasteiger partial charge in [-0.25, -0.2) is 9.97 Å². The van der Waals surface area contributed by atoms with Gasteiger partial charge in [0, 0.05) is 18.0 Å². The first-order chi connectivity index (χ1) is 13.3. The number of carbonyl (C=O) groups excluding carboxylic acids is 1. The van der Waals surface area contributed by atoms with Crippen LogP contribution in [0.25, 0.3) is 22.1 Å². The van der Waals surface area contributed by atoms with Gasteiger partial charge in [-0.3, -0.25) is 4.79 Å². The van der Waals surface area contributed by atoms with Crippen LogP contribution in [0.15, 0.2) is 40.0 Å². The van der Waals surface area contributed by atoms with E-state index >= 15 is 0 Å². The summed E-state index contributed by atoms with van der Waals surface area (Å²) >= 11 is 1.47. The Morgan fingerprint density at radius 1 is 1.15 bits per heavy atom. The van der Waals surface area contributed by atoms with E-state index in [1.807, 2.05) is 24.3 Å². The SMILES string of the molecule is O=C(CSc1ncnc2c1oc1ccccc12)N1CCC[C@@H]2CCCC[C@@H]21. The highest BCUT2D eigenvalue weighted by atomic mass is 32.2. The molecule has 0 N–H and O–H groups in total. The summed E-state index contributed by atoms with van der Waals surface area (Å²) in [5, 5.41) is 1.74. The highest BCUT2D eigenvalue weighted by Gasteiger charge is 2.35. The molecule has 1 amide bonds. The van der Waals surface area contributed by atoms with Gasteiger partial charge in [0.05, 0.1) is 5.75 Å². The minimum absolute atomic E-state index is 0.236. The summed E-state index contributed by atoms with van der Waals surface area (Å²) in [5.74, 6) is 1.36. The van der Waals surface area contributed by atoms with Gasteiger partial charge in [0.15, 0.2) is 5.58 Å². The maximum atomic E-state index is 13.0. The van der Waals surface area contributed by atoms with E-state index in [1.54, 1.807) is 6.33 Å². The number of rotatable bonds is 3. The minimum atomic E-state index is 0.236. The average Bonchev–Trinajstić information content (AvgIpc) is 3.11. The highest BCUT2D eigenvalue weighted by molar-refractivity contribution is 8.00. The number of carbonyl (C=O) groups is 1. The molecule has 2 fully saturated rings. The Bertz CT molecular complexity index is 984. The summed E-state index contributed by atoms with van der Waals surface area (Å²) in [4.78, 5) is 23.9. The van der Waals surface area contributed by atoms with Crippen molar-refractivity contribution >= 4 is 39.7 Å². The maximum Gasteiger partial charge on any atom is 0.233 e. The second-order valence-corrected chi connectivity index (χ2v) is 8.55. The van der Waals surface area contributed by atoms with Gasteiger partial charge in [0.2, 0.25) is 5.91 Å². The van der Waals surface area contributed by atoms with Crippen LogP contribution in [0.2, 0.25) is 0 Å². The first-order valence-electron chi connectivity index (χ1n) is 9.86. The van der Waals surface area contributed by atoms with Gasteiger partial charge >= 0.3 is 0 Å². The average molecular weight is 382 g/mol. The van der Waals surface area contributed by atoms with Crippen molar-refractivity contribution in [2.45, 2.75) is 49.6 Å². The molecule has 1 aliphatic carbocycles. The number of benzene rings is 1. The van der Waals surface area contributed by atoms with Crippen LogP contribution < -0.4 is 0 Å². The summed E-state index contributed by atoms with van der Waals surface area (Å²) in [7, 11) is 0. The number of likely N-dealkylation sites (tertiary alicyclic amines) is 1. The van der Waals surface area contributed by atoms with Crippen molar-refractivity contribution < 1.29 is 9.21 Å². The van der Waals surface area contributed by atoms with E-state index < -0.39 is 0 Å². The number of hydrogen-bond donors (Lipinski definition) is 0. The molecule has 27 heavy (non-hydrogen) atoms. The Kier molecular flexibility index (Phi) is 4.52. The van der Waals surface area contributed by atoms with E-state index in [4.69, 9.17) is 4.42 Å². The van der Waals surface area contributed by atoms with Crippen molar-refractivity contribution in [3.8, 4) is 0 Å². The lowest BCUT2D eigenvalue weighted by molar-refractivity contribution is -0.134. The summed E-state index contributed by atoms with van der Waals surface area (Å²) < 4.78 is 5.98. The topological polar surface area (TPSA) is 59.2 Å². The Balaban J connectivity index is 1.36. The Hall–Kier alpha value is -2.08. The second kappa shape index (κ2) is 7.15. The Morgan fingerprint density at radius 3 is 2.96 bits per heavy atom. The van der Waals surface area contributed by atoms with Gasteiger partial charge < -0.3 is 9.32 Å². The third kappa shape index (κ3) is 3.10. The van der Waals surface area contributed by atoms with E-state index in [1.165, 1.54) is 43.9 Å². The van der Waals surface area contributed by atoms with Gasteiger partial charge in [0.1, 0.15) is 22.5 Å². The van der Waals surface area contributed by atoms with Crippen LogP contribution in [0.3, 0.4) is 0 Å². The number of furan rings is 1. The first kappa shape index (κ1) is 17.0. The van der Waals surface area contributed by atoms with Crippen molar-refractivity contribution in [2.24, 2.45) is 5.92 Å². The monoisotopic (exact) mass is 381 g/mol. The predicted octanol–water partition coefficient (Wildman–Crippen LogP) is 4.65. The molecule has 0 unspecified atom stereocenters. The second-order valence-electron chi connectivity index (χ2n) is 7.58. The molecule has 0 bridgehead atoms. The molecule has 1 aromatic carbocycles. The lowest BCUT2D eigenvalue weighted by atomic mass is 9.78. The molecule has 2 aliphatic rings. The van der Waals surface area contributed by atoms with Gasteiger partial charge in [-0.05, 0) is 43.7 Å². The fraction of sp³-hybridized carbons (Fsp3) is 0.476. The van der Waals surface area contributed by atoms with Crippen LogP contribution in [0.4, 0.5) is 0 Å². The molecule has 1 aliphatic heterocycles. The predicted molar refractivity (Wildman–Crippen MR) is 107 cm³/mol. The molecule has 5 rings (SSSR count). The molecule has 6 heteroatoms. The molecule has 0 radical (unpaired) electrons. The van der Waals surface area contributed by atoms with Gasteiger partial charge in [0.25, 0.3) is 0 Å². The lowest BCUT2D eigenvalue weighted by Gasteiger charge is -2.44. The van der Waals surface area contributed by atoms with Crippen LogP contribution in [-0.2, 0) is 4.79 Å². The van der Waals surface area contributed by atoms with Crippen molar-refractivity contribution in [2.75, 3.05) is 12.3 Å². The summed E-state index contributed by atoms with van der Waals surface area (Å²) in [6.45, 7) is 0.907. The fourth-order valence-corrected chi connectivity index (χ4v) is 5.57. The smallest absolute Gasteiger partial charge is 0.233 e. The molecule has 140 valence electrons. The zero-order chi connectivity index (χ0) is 18.2. The Labute approximate surface area is 162 Å². The zero-order valence-electron chi connectivity index (χ0n) is 15.3. The molecule has 1 saturated carbocycles. The largest absolute Gasteiger partial charge is 0.451 e.